The zero-order chi connectivity index (χ0) is 9.73. The Morgan fingerprint density at radius 3 is 2.31 bits per heavy atom. The molecule has 1 fully saturated rings. The van der Waals surface area contributed by atoms with Gasteiger partial charge in [-0.2, -0.15) is 0 Å². The standard InChI is InChI=1S/C10H19Cl2N/c1-2-10(7-11,8-12)13-6-5-9-3-4-9/h9,13H,2-8H2,1H3. The molecule has 3 heteroatoms. The highest BCUT2D eigenvalue weighted by Crippen LogP contribution is 2.32. The summed E-state index contributed by atoms with van der Waals surface area (Å²) < 4.78 is 0. The van der Waals surface area contributed by atoms with Crippen LogP contribution in [0.5, 0.6) is 0 Å². The Labute approximate surface area is 91.2 Å². The first-order valence-corrected chi connectivity index (χ1v) is 6.20. The van der Waals surface area contributed by atoms with E-state index < -0.39 is 0 Å². The van der Waals surface area contributed by atoms with Crippen molar-refractivity contribution in [1.82, 2.24) is 5.32 Å². The highest BCUT2D eigenvalue weighted by Gasteiger charge is 2.27. The average molecular weight is 224 g/mol. The van der Waals surface area contributed by atoms with Crippen molar-refractivity contribution in [3.05, 3.63) is 0 Å². The Morgan fingerprint density at radius 1 is 1.31 bits per heavy atom. The van der Waals surface area contributed by atoms with Gasteiger partial charge in [-0.15, -0.1) is 23.2 Å². The molecule has 0 aromatic carbocycles. The molecule has 0 saturated heterocycles. The van der Waals surface area contributed by atoms with Gasteiger partial charge in [-0.25, -0.2) is 0 Å². The van der Waals surface area contributed by atoms with Crippen molar-refractivity contribution in [2.75, 3.05) is 18.3 Å². The second kappa shape index (κ2) is 5.43. The SMILES string of the molecule is CCC(CCl)(CCl)NCCC1CC1. The van der Waals surface area contributed by atoms with E-state index >= 15 is 0 Å². The van der Waals surface area contributed by atoms with E-state index in [2.05, 4.69) is 12.2 Å². The lowest BCUT2D eigenvalue weighted by Gasteiger charge is -2.29. The van der Waals surface area contributed by atoms with E-state index in [1.807, 2.05) is 0 Å². The quantitative estimate of drug-likeness (QED) is 0.655. The van der Waals surface area contributed by atoms with E-state index in [0.29, 0.717) is 11.8 Å². The maximum absolute atomic E-state index is 5.91. The van der Waals surface area contributed by atoms with Gasteiger partial charge in [-0.05, 0) is 25.3 Å². The lowest BCUT2D eigenvalue weighted by Crippen LogP contribution is -2.48. The zero-order valence-electron chi connectivity index (χ0n) is 8.28. The Hall–Kier alpha value is 0.540. The van der Waals surface area contributed by atoms with Gasteiger partial charge in [0.25, 0.3) is 0 Å². The van der Waals surface area contributed by atoms with Crippen LogP contribution in [-0.2, 0) is 0 Å². The molecule has 0 aliphatic heterocycles. The molecule has 0 aromatic heterocycles. The van der Waals surface area contributed by atoms with Crippen LogP contribution in [0.25, 0.3) is 0 Å². The van der Waals surface area contributed by atoms with Gasteiger partial charge in [0.05, 0.1) is 0 Å². The summed E-state index contributed by atoms with van der Waals surface area (Å²) >= 11 is 11.8. The average Bonchev–Trinajstić information content (AvgIpc) is 2.97. The molecule has 1 saturated carbocycles. The fourth-order valence-corrected chi connectivity index (χ4v) is 2.24. The van der Waals surface area contributed by atoms with Crippen molar-refractivity contribution in [2.24, 2.45) is 5.92 Å². The molecule has 0 spiro atoms. The summed E-state index contributed by atoms with van der Waals surface area (Å²) in [6, 6.07) is 0. The van der Waals surface area contributed by atoms with Gasteiger partial charge < -0.3 is 5.32 Å². The van der Waals surface area contributed by atoms with Crippen LogP contribution in [0.2, 0.25) is 0 Å². The summed E-state index contributed by atoms with van der Waals surface area (Å²) in [5, 5.41) is 3.49. The van der Waals surface area contributed by atoms with Crippen molar-refractivity contribution >= 4 is 23.2 Å². The van der Waals surface area contributed by atoms with Crippen molar-refractivity contribution in [3.63, 3.8) is 0 Å². The van der Waals surface area contributed by atoms with E-state index in [1.54, 1.807) is 0 Å². The van der Waals surface area contributed by atoms with Gasteiger partial charge in [-0.1, -0.05) is 19.8 Å². The van der Waals surface area contributed by atoms with Gasteiger partial charge >= 0.3 is 0 Å². The van der Waals surface area contributed by atoms with Gasteiger partial charge in [-0.3, -0.25) is 0 Å². The third-order valence-corrected chi connectivity index (χ3v) is 3.96. The summed E-state index contributed by atoms with van der Waals surface area (Å²) in [5.74, 6) is 2.20. The van der Waals surface area contributed by atoms with Crippen LogP contribution in [0.3, 0.4) is 0 Å². The molecule has 13 heavy (non-hydrogen) atoms. The normalized spacial score (nSPS) is 17.8. The Morgan fingerprint density at radius 2 is 1.92 bits per heavy atom. The van der Waals surface area contributed by atoms with Crippen LogP contribution in [0.15, 0.2) is 0 Å². The van der Waals surface area contributed by atoms with Gasteiger partial charge in [0.15, 0.2) is 0 Å². The molecule has 0 amide bonds. The summed E-state index contributed by atoms with van der Waals surface area (Å²) in [5.41, 5.74) is -0.0298. The topological polar surface area (TPSA) is 12.0 Å². The third-order valence-electron chi connectivity index (χ3n) is 2.94. The molecule has 1 aliphatic carbocycles. The summed E-state index contributed by atoms with van der Waals surface area (Å²) in [7, 11) is 0. The molecule has 1 N–H and O–H groups in total. The van der Waals surface area contributed by atoms with Gasteiger partial charge in [0.2, 0.25) is 0 Å². The second-order valence-electron chi connectivity index (χ2n) is 4.06. The molecule has 1 nitrogen and oxygen atoms in total. The minimum atomic E-state index is -0.0298. The maximum Gasteiger partial charge on any atom is 0.0451 e. The minimum absolute atomic E-state index is 0.0298. The lowest BCUT2D eigenvalue weighted by atomic mass is 10.0. The molecule has 0 bridgehead atoms. The van der Waals surface area contributed by atoms with Crippen LogP contribution in [0.1, 0.15) is 32.6 Å². The van der Waals surface area contributed by atoms with E-state index in [-0.39, 0.29) is 5.54 Å². The molecule has 0 heterocycles. The molecule has 0 radical (unpaired) electrons. The third kappa shape index (κ3) is 3.65. The van der Waals surface area contributed by atoms with Crippen LogP contribution in [0.4, 0.5) is 0 Å². The molecule has 0 aromatic rings. The molecule has 0 unspecified atom stereocenters. The summed E-state index contributed by atoms with van der Waals surface area (Å²) in [6.45, 7) is 3.20. The Balaban J connectivity index is 2.19. The fourth-order valence-electron chi connectivity index (χ4n) is 1.39. The monoisotopic (exact) mass is 223 g/mol. The second-order valence-corrected chi connectivity index (χ2v) is 4.59. The summed E-state index contributed by atoms with van der Waals surface area (Å²) in [6.07, 6.45) is 5.13. The summed E-state index contributed by atoms with van der Waals surface area (Å²) in [4.78, 5) is 0. The smallest absolute Gasteiger partial charge is 0.0451 e. The number of nitrogens with one attached hydrogen (secondary N) is 1. The van der Waals surface area contributed by atoms with Crippen molar-refractivity contribution in [3.8, 4) is 0 Å². The minimum Gasteiger partial charge on any atom is -0.309 e. The molecule has 0 atom stereocenters. The predicted molar refractivity (Wildman–Crippen MR) is 59.8 cm³/mol. The number of hydrogen-bond acceptors (Lipinski definition) is 1. The fraction of sp³-hybridized carbons (Fsp3) is 1.00. The first-order chi connectivity index (χ1) is 6.26. The van der Waals surface area contributed by atoms with Gasteiger partial charge in [0, 0.05) is 17.3 Å². The van der Waals surface area contributed by atoms with Crippen LogP contribution < -0.4 is 5.32 Å². The predicted octanol–water partition coefficient (Wildman–Crippen LogP) is 3.00. The van der Waals surface area contributed by atoms with Gasteiger partial charge in [0.1, 0.15) is 0 Å². The molecule has 1 rings (SSSR count). The zero-order valence-corrected chi connectivity index (χ0v) is 9.79. The van der Waals surface area contributed by atoms with E-state index in [1.165, 1.54) is 19.3 Å². The Bertz CT molecular complexity index is 134. The molecular weight excluding hydrogens is 205 g/mol. The van der Waals surface area contributed by atoms with Crippen LogP contribution in [0, 0.1) is 5.92 Å². The number of hydrogen-bond donors (Lipinski definition) is 1. The number of alkyl halides is 2. The molecule has 1 aliphatic rings. The first-order valence-electron chi connectivity index (χ1n) is 5.13. The van der Waals surface area contributed by atoms with E-state index in [9.17, 15) is 0 Å². The largest absolute Gasteiger partial charge is 0.309 e. The van der Waals surface area contributed by atoms with Crippen molar-refractivity contribution in [1.29, 1.82) is 0 Å². The number of rotatable bonds is 7. The van der Waals surface area contributed by atoms with Crippen LogP contribution >= 0.6 is 23.2 Å². The highest BCUT2D eigenvalue weighted by molar-refractivity contribution is 6.22. The highest BCUT2D eigenvalue weighted by atomic mass is 35.5. The Kier molecular flexibility index (Phi) is 4.85. The number of halogens is 2. The molecular formula is C10H19Cl2N. The van der Waals surface area contributed by atoms with Crippen molar-refractivity contribution < 1.29 is 0 Å². The molecule has 78 valence electrons. The van der Waals surface area contributed by atoms with Crippen LogP contribution in [-0.4, -0.2) is 23.8 Å². The van der Waals surface area contributed by atoms with Crippen molar-refractivity contribution in [2.45, 2.75) is 38.1 Å². The lowest BCUT2D eigenvalue weighted by molar-refractivity contribution is 0.379. The first kappa shape index (κ1) is 11.6. The maximum atomic E-state index is 5.91. The van der Waals surface area contributed by atoms with E-state index in [4.69, 9.17) is 23.2 Å². The van der Waals surface area contributed by atoms with E-state index in [0.717, 1.165) is 18.9 Å².